The van der Waals surface area contributed by atoms with Crippen LogP contribution in [0.4, 0.5) is 5.69 Å². The average molecular weight is 390 g/mol. The van der Waals surface area contributed by atoms with Gasteiger partial charge in [0.25, 0.3) is 0 Å². The van der Waals surface area contributed by atoms with Crippen LogP contribution < -0.4 is 0 Å². The molecule has 0 aliphatic heterocycles. The molecule has 3 aromatic heterocycles. The van der Waals surface area contributed by atoms with E-state index in [9.17, 15) is 0 Å². The number of aliphatic imine (C=N–C) groups is 1. The standard InChI is InChI=1S/C26H22N4/c1-3-7-21(8-4-1)25(22-9-5-2-6-10-22)29-24-13-17-28-26-23(24)14-18-30(26)19-20-11-15-27-16-12-20/h1,3-5,7-18H,2,6,19H2. The number of rotatable bonds is 5. The fourth-order valence-electron chi connectivity index (χ4n) is 3.79. The highest BCUT2D eigenvalue weighted by Gasteiger charge is 2.12. The van der Waals surface area contributed by atoms with E-state index >= 15 is 0 Å². The lowest BCUT2D eigenvalue weighted by atomic mass is 9.97. The Balaban J connectivity index is 1.60. The fourth-order valence-corrected chi connectivity index (χ4v) is 3.79. The number of benzene rings is 1. The van der Waals surface area contributed by atoms with Crippen molar-refractivity contribution in [1.82, 2.24) is 14.5 Å². The van der Waals surface area contributed by atoms with Crippen LogP contribution >= 0.6 is 0 Å². The smallest absolute Gasteiger partial charge is 0.142 e. The summed E-state index contributed by atoms with van der Waals surface area (Å²) in [4.78, 5) is 13.9. The second-order valence-electron chi connectivity index (χ2n) is 7.33. The monoisotopic (exact) mass is 390 g/mol. The number of fused-ring (bicyclic) bond motifs is 1. The predicted octanol–water partition coefficient (Wildman–Crippen LogP) is 5.88. The topological polar surface area (TPSA) is 43.1 Å². The van der Waals surface area contributed by atoms with Crippen molar-refractivity contribution < 1.29 is 0 Å². The molecule has 0 N–H and O–H groups in total. The zero-order valence-corrected chi connectivity index (χ0v) is 16.6. The van der Waals surface area contributed by atoms with Gasteiger partial charge < -0.3 is 4.57 Å². The highest BCUT2D eigenvalue weighted by atomic mass is 15.0. The maximum Gasteiger partial charge on any atom is 0.142 e. The first kappa shape index (κ1) is 18.3. The van der Waals surface area contributed by atoms with Gasteiger partial charge in [-0.1, -0.05) is 48.6 Å². The summed E-state index contributed by atoms with van der Waals surface area (Å²) in [5, 5.41) is 1.06. The van der Waals surface area contributed by atoms with E-state index in [0.717, 1.165) is 47.4 Å². The Morgan fingerprint density at radius 3 is 2.60 bits per heavy atom. The van der Waals surface area contributed by atoms with E-state index in [0.29, 0.717) is 0 Å². The summed E-state index contributed by atoms with van der Waals surface area (Å²) in [6.07, 6.45) is 16.4. The van der Waals surface area contributed by atoms with E-state index in [1.165, 1.54) is 11.1 Å². The van der Waals surface area contributed by atoms with Crippen LogP contribution in [-0.4, -0.2) is 20.2 Å². The maximum atomic E-state index is 5.13. The Bertz CT molecular complexity index is 1250. The molecule has 0 atom stereocenters. The van der Waals surface area contributed by atoms with Crippen LogP contribution in [0.5, 0.6) is 0 Å². The minimum absolute atomic E-state index is 0.756. The third-order valence-corrected chi connectivity index (χ3v) is 5.29. The average Bonchev–Trinajstić information content (AvgIpc) is 3.23. The highest BCUT2D eigenvalue weighted by molar-refractivity contribution is 6.16. The van der Waals surface area contributed by atoms with Gasteiger partial charge in [-0.3, -0.25) is 4.98 Å². The predicted molar refractivity (Wildman–Crippen MR) is 122 cm³/mol. The molecular formula is C26H22N4. The zero-order chi connectivity index (χ0) is 20.2. The van der Waals surface area contributed by atoms with Gasteiger partial charge in [-0.25, -0.2) is 9.98 Å². The largest absolute Gasteiger partial charge is 0.328 e. The van der Waals surface area contributed by atoms with E-state index in [4.69, 9.17) is 4.99 Å². The van der Waals surface area contributed by atoms with E-state index in [1.54, 1.807) is 0 Å². The first-order chi connectivity index (χ1) is 14.9. The number of pyridine rings is 2. The Morgan fingerprint density at radius 2 is 1.80 bits per heavy atom. The summed E-state index contributed by atoms with van der Waals surface area (Å²) < 4.78 is 2.16. The van der Waals surface area contributed by atoms with Gasteiger partial charge in [-0.15, -0.1) is 0 Å². The van der Waals surface area contributed by atoms with Crippen LogP contribution in [0.1, 0.15) is 24.0 Å². The van der Waals surface area contributed by atoms with Gasteiger partial charge in [0, 0.05) is 42.3 Å². The van der Waals surface area contributed by atoms with Crippen molar-refractivity contribution in [2.75, 3.05) is 0 Å². The lowest BCUT2D eigenvalue weighted by Gasteiger charge is -2.12. The molecule has 4 aromatic rings. The van der Waals surface area contributed by atoms with Crippen molar-refractivity contribution in [2.45, 2.75) is 19.4 Å². The van der Waals surface area contributed by atoms with Gasteiger partial charge in [-0.05, 0) is 48.2 Å². The number of nitrogens with zero attached hydrogens (tertiary/aromatic N) is 4. The van der Waals surface area contributed by atoms with E-state index in [-0.39, 0.29) is 0 Å². The second kappa shape index (κ2) is 8.29. The molecule has 0 radical (unpaired) electrons. The molecule has 0 unspecified atom stereocenters. The molecule has 0 amide bonds. The Labute approximate surface area is 176 Å². The van der Waals surface area contributed by atoms with E-state index in [2.05, 4.69) is 69.3 Å². The van der Waals surface area contributed by atoms with Crippen LogP contribution in [0.2, 0.25) is 0 Å². The van der Waals surface area contributed by atoms with Gasteiger partial charge >= 0.3 is 0 Å². The van der Waals surface area contributed by atoms with Crippen LogP contribution in [0.15, 0.2) is 108 Å². The lowest BCUT2D eigenvalue weighted by Crippen LogP contribution is -2.05. The summed E-state index contributed by atoms with van der Waals surface area (Å²) in [6, 6.07) is 18.6. The summed E-state index contributed by atoms with van der Waals surface area (Å²) >= 11 is 0. The van der Waals surface area contributed by atoms with Crippen LogP contribution in [0.3, 0.4) is 0 Å². The van der Waals surface area contributed by atoms with Crippen molar-refractivity contribution in [2.24, 2.45) is 4.99 Å². The molecule has 0 spiro atoms. The third kappa shape index (κ3) is 3.72. The molecular weight excluding hydrogens is 368 g/mol. The number of allylic oxidation sites excluding steroid dienone is 4. The third-order valence-electron chi connectivity index (χ3n) is 5.29. The van der Waals surface area contributed by atoms with Gasteiger partial charge in [0.2, 0.25) is 0 Å². The van der Waals surface area contributed by atoms with Crippen LogP contribution in [0, 0.1) is 0 Å². The van der Waals surface area contributed by atoms with Crippen molar-refractivity contribution in [3.63, 3.8) is 0 Å². The first-order valence-corrected chi connectivity index (χ1v) is 10.2. The van der Waals surface area contributed by atoms with Crippen LogP contribution in [0.25, 0.3) is 11.0 Å². The molecule has 0 fully saturated rings. The molecule has 3 heterocycles. The van der Waals surface area contributed by atoms with Gasteiger partial charge in [0.1, 0.15) is 5.65 Å². The molecule has 0 bridgehead atoms. The minimum Gasteiger partial charge on any atom is -0.328 e. The lowest BCUT2D eigenvalue weighted by molar-refractivity contribution is 0.823. The molecule has 0 saturated heterocycles. The normalized spacial score (nSPS) is 14.1. The second-order valence-corrected chi connectivity index (χ2v) is 7.33. The molecule has 1 aliphatic rings. The van der Waals surface area contributed by atoms with Gasteiger partial charge in [0.05, 0.1) is 11.4 Å². The molecule has 4 nitrogen and oxygen atoms in total. The zero-order valence-electron chi connectivity index (χ0n) is 16.6. The SMILES string of the molecule is C1=CC(C(=Nc2ccnc3c2ccn3Cc2ccncc2)c2ccccc2)=CCC1. The van der Waals surface area contributed by atoms with Crippen molar-refractivity contribution in [1.29, 1.82) is 0 Å². The van der Waals surface area contributed by atoms with E-state index < -0.39 is 0 Å². The first-order valence-electron chi connectivity index (χ1n) is 10.2. The molecule has 1 aromatic carbocycles. The molecule has 1 aliphatic carbocycles. The number of aromatic nitrogens is 3. The Kier molecular flexibility index (Phi) is 5.05. The highest BCUT2D eigenvalue weighted by Crippen LogP contribution is 2.28. The molecule has 5 rings (SSSR count). The van der Waals surface area contributed by atoms with Gasteiger partial charge in [0.15, 0.2) is 0 Å². The van der Waals surface area contributed by atoms with E-state index in [1.807, 2.05) is 42.9 Å². The number of hydrogen-bond donors (Lipinski definition) is 0. The quantitative estimate of drug-likeness (QED) is 0.400. The molecule has 146 valence electrons. The molecule has 0 saturated carbocycles. The fraction of sp³-hybridized carbons (Fsp3) is 0.115. The number of hydrogen-bond acceptors (Lipinski definition) is 3. The van der Waals surface area contributed by atoms with Crippen molar-refractivity contribution in [3.8, 4) is 0 Å². The molecule has 30 heavy (non-hydrogen) atoms. The summed E-state index contributed by atoms with van der Waals surface area (Å²) in [7, 11) is 0. The maximum absolute atomic E-state index is 5.13. The van der Waals surface area contributed by atoms with Crippen molar-refractivity contribution >= 4 is 22.4 Å². The summed E-state index contributed by atoms with van der Waals surface area (Å²) in [5.41, 5.74) is 6.37. The summed E-state index contributed by atoms with van der Waals surface area (Å²) in [5.74, 6) is 0. The Hall–Kier alpha value is -3.79. The van der Waals surface area contributed by atoms with Crippen molar-refractivity contribution in [3.05, 3.63) is 114 Å². The summed E-state index contributed by atoms with van der Waals surface area (Å²) in [6.45, 7) is 0.756. The van der Waals surface area contributed by atoms with Gasteiger partial charge in [-0.2, -0.15) is 0 Å². The Morgan fingerprint density at radius 1 is 0.933 bits per heavy atom. The molecule has 4 heteroatoms. The van der Waals surface area contributed by atoms with Crippen LogP contribution in [-0.2, 0) is 6.54 Å². The minimum atomic E-state index is 0.756.